The molecule has 2 aliphatic rings. The van der Waals surface area contributed by atoms with Crippen LogP contribution in [0.5, 0.6) is 0 Å². The maximum atomic E-state index is 4.42. The van der Waals surface area contributed by atoms with Crippen molar-refractivity contribution in [1.82, 2.24) is 9.88 Å². The Morgan fingerprint density at radius 2 is 2.06 bits per heavy atom. The van der Waals surface area contributed by atoms with Crippen molar-refractivity contribution in [1.29, 1.82) is 0 Å². The molecule has 1 saturated carbocycles. The van der Waals surface area contributed by atoms with Crippen LogP contribution in [0, 0.1) is 24.7 Å². The molecule has 0 spiro atoms. The molecule has 4 rings (SSSR count). The molecule has 1 aliphatic heterocycles. The normalized spacial score (nSPS) is 30.6. The summed E-state index contributed by atoms with van der Waals surface area (Å²) in [5, 5.41) is 1.23. The molecule has 0 bridgehead atoms. The highest BCUT2D eigenvalue weighted by Gasteiger charge is 2.52. The lowest BCUT2D eigenvalue weighted by Gasteiger charge is -2.18. The molecule has 1 radical (unpaired) electrons. The Bertz CT molecular complexity index is 580. The maximum Gasteiger partial charge on any atom is 0.0705 e. The second-order valence-electron chi connectivity index (χ2n) is 5.72. The molecule has 18 heavy (non-hydrogen) atoms. The van der Waals surface area contributed by atoms with Gasteiger partial charge >= 0.3 is 0 Å². The van der Waals surface area contributed by atoms with Gasteiger partial charge in [-0.1, -0.05) is 18.2 Å². The number of hydrogen-bond donors (Lipinski definition) is 0. The molecular formula is C16H17N2. The Morgan fingerprint density at radius 3 is 2.89 bits per heavy atom. The largest absolute Gasteiger partial charge is 0.298 e. The molecule has 1 saturated heterocycles. The van der Waals surface area contributed by atoms with Crippen molar-refractivity contribution in [2.75, 3.05) is 13.1 Å². The first kappa shape index (κ1) is 10.5. The summed E-state index contributed by atoms with van der Waals surface area (Å²) in [6.07, 6.45) is 1.87. The van der Waals surface area contributed by atoms with E-state index in [0.717, 1.165) is 29.8 Å². The van der Waals surface area contributed by atoms with E-state index >= 15 is 0 Å². The Kier molecular flexibility index (Phi) is 2.21. The number of piperidine rings is 1. The molecule has 1 aliphatic carbocycles. The number of fused-ring (bicyclic) bond motifs is 2. The molecule has 0 amide bonds. The molecule has 2 atom stereocenters. The summed E-state index contributed by atoms with van der Waals surface area (Å²) in [4.78, 5) is 6.98. The van der Waals surface area contributed by atoms with Crippen molar-refractivity contribution in [2.24, 2.45) is 17.8 Å². The minimum atomic E-state index is 0.736. The van der Waals surface area contributed by atoms with Gasteiger partial charge in [0.15, 0.2) is 0 Å². The fraction of sp³-hybridized carbons (Fsp3) is 0.375. The minimum Gasteiger partial charge on any atom is -0.298 e. The van der Waals surface area contributed by atoms with Gasteiger partial charge in [0.25, 0.3) is 0 Å². The third kappa shape index (κ3) is 1.64. The number of benzene rings is 1. The van der Waals surface area contributed by atoms with Crippen LogP contribution >= 0.6 is 0 Å². The lowest BCUT2D eigenvalue weighted by atomic mass is 10.1. The first-order valence-electron chi connectivity index (χ1n) is 6.70. The van der Waals surface area contributed by atoms with Crippen LogP contribution in [0.25, 0.3) is 10.9 Å². The minimum absolute atomic E-state index is 0.736. The van der Waals surface area contributed by atoms with Gasteiger partial charge in [-0.3, -0.25) is 9.88 Å². The maximum absolute atomic E-state index is 4.42. The van der Waals surface area contributed by atoms with E-state index in [2.05, 4.69) is 41.1 Å². The first-order chi connectivity index (χ1) is 8.81. The van der Waals surface area contributed by atoms with Crippen LogP contribution in [-0.2, 0) is 6.54 Å². The van der Waals surface area contributed by atoms with E-state index in [1.165, 1.54) is 24.0 Å². The molecule has 1 aromatic carbocycles. The average molecular weight is 237 g/mol. The summed E-state index contributed by atoms with van der Waals surface area (Å²) < 4.78 is 0. The first-order valence-corrected chi connectivity index (χ1v) is 6.70. The highest BCUT2D eigenvalue weighted by atomic mass is 15.2. The number of pyridine rings is 1. The zero-order chi connectivity index (χ0) is 12.1. The van der Waals surface area contributed by atoms with Crippen LogP contribution in [0.1, 0.15) is 5.56 Å². The summed E-state index contributed by atoms with van der Waals surface area (Å²) in [7, 11) is 0. The number of rotatable bonds is 2. The number of hydrogen-bond acceptors (Lipinski definition) is 2. The molecule has 2 heterocycles. The van der Waals surface area contributed by atoms with E-state index in [9.17, 15) is 0 Å². The molecular weight excluding hydrogens is 220 g/mol. The van der Waals surface area contributed by atoms with Crippen molar-refractivity contribution in [3.05, 3.63) is 49.0 Å². The Labute approximate surface area is 108 Å². The van der Waals surface area contributed by atoms with Crippen molar-refractivity contribution >= 4 is 10.9 Å². The highest BCUT2D eigenvalue weighted by Crippen LogP contribution is 2.51. The van der Waals surface area contributed by atoms with Gasteiger partial charge in [-0.15, -0.1) is 0 Å². The Morgan fingerprint density at radius 1 is 1.22 bits per heavy atom. The lowest BCUT2D eigenvalue weighted by Crippen LogP contribution is -2.23. The molecule has 2 unspecified atom stereocenters. The van der Waals surface area contributed by atoms with Gasteiger partial charge in [0.1, 0.15) is 0 Å². The van der Waals surface area contributed by atoms with Crippen LogP contribution in [-0.4, -0.2) is 23.0 Å². The van der Waals surface area contributed by atoms with Crippen molar-refractivity contribution in [2.45, 2.75) is 6.54 Å². The van der Waals surface area contributed by atoms with E-state index in [4.69, 9.17) is 0 Å². The van der Waals surface area contributed by atoms with E-state index in [1.807, 2.05) is 12.3 Å². The standard InChI is InChI=1S/C16H17N2/c1-11-14-9-18(10-15(11)14)8-12-4-5-13-3-2-6-17-16(13)7-12/h2-7,11,14-15H,1,8-10H2. The van der Waals surface area contributed by atoms with Gasteiger partial charge in [0.05, 0.1) is 5.52 Å². The topological polar surface area (TPSA) is 16.1 Å². The number of aromatic nitrogens is 1. The summed E-state index contributed by atoms with van der Waals surface area (Å²) in [6, 6.07) is 10.7. The number of nitrogens with zero attached hydrogens (tertiary/aromatic N) is 2. The molecule has 2 heteroatoms. The van der Waals surface area contributed by atoms with Crippen LogP contribution in [0.2, 0.25) is 0 Å². The molecule has 0 N–H and O–H groups in total. The lowest BCUT2D eigenvalue weighted by molar-refractivity contribution is 0.286. The predicted octanol–water partition coefficient (Wildman–Crippen LogP) is 2.75. The fourth-order valence-corrected chi connectivity index (χ4v) is 3.33. The SMILES string of the molecule is [CH2]C1C2CN(Cc3ccc4cccnc4c3)CC12. The van der Waals surface area contributed by atoms with Gasteiger partial charge in [-0.2, -0.15) is 0 Å². The monoisotopic (exact) mass is 237 g/mol. The smallest absolute Gasteiger partial charge is 0.0705 e. The van der Waals surface area contributed by atoms with E-state index in [1.54, 1.807) is 0 Å². The van der Waals surface area contributed by atoms with E-state index < -0.39 is 0 Å². The van der Waals surface area contributed by atoms with Gasteiger partial charge in [0.2, 0.25) is 0 Å². The second kappa shape index (κ2) is 3.79. The summed E-state index contributed by atoms with van der Waals surface area (Å²) in [5.41, 5.74) is 2.48. The van der Waals surface area contributed by atoms with Gasteiger partial charge in [0, 0.05) is 31.2 Å². The van der Waals surface area contributed by atoms with Gasteiger partial charge in [-0.05, 0) is 42.4 Å². The molecule has 1 aromatic heterocycles. The van der Waals surface area contributed by atoms with Crippen molar-refractivity contribution in [3.63, 3.8) is 0 Å². The quantitative estimate of drug-likeness (QED) is 0.798. The van der Waals surface area contributed by atoms with Crippen LogP contribution in [0.4, 0.5) is 0 Å². The third-order valence-electron chi connectivity index (χ3n) is 4.52. The Hall–Kier alpha value is -1.41. The zero-order valence-corrected chi connectivity index (χ0v) is 10.4. The van der Waals surface area contributed by atoms with Crippen LogP contribution in [0.15, 0.2) is 36.5 Å². The third-order valence-corrected chi connectivity index (χ3v) is 4.52. The predicted molar refractivity (Wildman–Crippen MR) is 72.8 cm³/mol. The second-order valence-corrected chi connectivity index (χ2v) is 5.72. The van der Waals surface area contributed by atoms with Crippen molar-refractivity contribution in [3.8, 4) is 0 Å². The van der Waals surface area contributed by atoms with Gasteiger partial charge < -0.3 is 0 Å². The van der Waals surface area contributed by atoms with Gasteiger partial charge in [-0.25, -0.2) is 0 Å². The number of likely N-dealkylation sites (tertiary alicyclic amines) is 1. The van der Waals surface area contributed by atoms with E-state index in [-0.39, 0.29) is 0 Å². The summed E-state index contributed by atoms with van der Waals surface area (Å²) in [5.74, 6) is 2.49. The molecule has 91 valence electrons. The molecule has 2 aromatic rings. The summed E-state index contributed by atoms with van der Waals surface area (Å²) in [6.45, 7) is 7.71. The highest BCUT2D eigenvalue weighted by molar-refractivity contribution is 5.78. The zero-order valence-electron chi connectivity index (χ0n) is 10.4. The van der Waals surface area contributed by atoms with Crippen molar-refractivity contribution < 1.29 is 0 Å². The Balaban J connectivity index is 1.53. The average Bonchev–Trinajstić information content (AvgIpc) is 2.83. The fourth-order valence-electron chi connectivity index (χ4n) is 3.33. The summed E-state index contributed by atoms with van der Waals surface area (Å²) >= 11 is 0. The van der Waals surface area contributed by atoms with Crippen LogP contribution < -0.4 is 0 Å². The molecule has 2 nitrogen and oxygen atoms in total. The molecule has 2 fully saturated rings. The van der Waals surface area contributed by atoms with E-state index in [0.29, 0.717) is 0 Å². The van der Waals surface area contributed by atoms with Crippen LogP contribution in [0.3, 0.4) is 0 Å².